The van der Waals surface area contributed by atoms with Crippen LogP contribution in [0.15, 0.2) is 24.3 Å². The minimum atomic E-state index is -1.36. The van der Waals surface area contributed by atoms with E-state index < -0.39 is 12.0 Å². The summed E-state index contributed by atoms with van der Waals surface area (Å²) in [7, 11) is 0. The highest BCUT2D eigenvalue weighted by atomic mass is 19.1. The van der Waals surface area contributed by atoms with Crippen LogP contribution in [-0.2, 0) is 11.3 Å². The van der Waals surface area contributed by atoms with E-state index in [1.165, 1.54) is 18.2 Å². The minimum absolute atomic E-state index is 0.118. The Morgan fingerprint density at radius 1 is 1.58 bits per heavy atom. The van der Waals surface area contributed by atoms with E-state index in [1.54, 1.807) is 6.07 Å². The molecule has 0 aliphatic heterocycles. The van der Waals surface area contributed by atoms with Crippen LogP contribution in [0.4, 0.5) is 9.18 Å². The molecule has 0 atom stereocenters. The van der Waals surface area contributed by atoms with Crippen LogP contribution in [0.25, 0.3) is 0 Å². The second-order valence-corrected chi connectivity index (χ2v) is 2.18. The van der Waals surface area contributed by atoms with E-state index in [2.05, 4.69) is 4.74 Å². The second kappa shape index (κ2) is 3.71. The lowest BCUT2D eigenvalue weighted by Crippen LogP contribution is -1.99. The molecule has 1 rings (SSSR count). The average molecular weight is 170 g/mol. The number of benzene rings is 1. The summed E-state index contributed by atoms with van der Waals surface area (Å²) in [6, 6.07) is 5.59. The molecule has 0 spiro atoms. The van der Waals surface area contributed by atoms with Gasteiger partial charge in [-0.2, -0.15) is 0 Å². The number of rotatable bonds is 2. The minimum Gasteiger partial charge on any atom is -0.450 e. The largest absolute Gasteiger partial charge is 0.506 e. The third kappa shape index (κ3) is 2.57. The quantitative estimate of drug-likeness (QED) is 0.690. The maximum Gasteiger partial charge on any atom is 0.506 e. The van der Waals surface area contributed by atoms with Crippen LogP contribution in [-0.4, -0.2) is 11.3 Å². The van der Waals surface area contributed by atoms with Crippen molar-refractivity contribution < 1.29 is 19.0 Å². The zero-order valence-electron chi connectivity index (χ0n) is 6.16. The van der Waals surface area contributed by atoms with Gasteiger partial charge in [0.1, 0.15) is 12.4 Å². The Balaban J connectivity index is 2.57. The molecule has 1 N–H and O–H groups in total. The Hall–Kier alpha value is -1.58. The summed E-state index contributed by atoms with van der Waals surface area (Å²) >= 11 is 0. The molecule has 0 aliphatic rings. The van der Waals surface area contributed by atoms with Crippen LogP contribution >= 0.6 is 0 Å². The Labute approximate surface area is 68.4 Å². The number of carboxylic acid groups (broad SMARTS) is 1. The zero-order valence-corrected chi connectivity index (χ0v) is 6.16. The average Bonchev–Trinajstić information content (AvgIpc) is 2.01. The van der Waals surface area contributed by atoms with Crippen molar-refractivity contribution in [2.24, 2.45) is 0 Å². The maximum absolute atomic E-state index is 12.5. The molecule has 0 amide bonds. The predicted molar refractivity (Wildman–Crippen MR) is 39.2 cm³/mol. The predicted octanol–water partition coefficient (Wildman–Crippen LogP) is 2.02. The van der Waals surface area contributed by atoms with Crippen LogP contribution < -0.4 is 0 Å². The lowest BCUT2D eigenvalue weighted by Gasteiger charge is -1.99. The van der Waals surface area contributed by atoms with Crippen molar-refractivity contribution >= 4 is 6.16 Å². The van der Waals surface area contributed by atoms with Gasteiger partial charge in [0.2, 0.25) is 0 Å². The van der Waals surface area contributed by atoms with E-state index >= 15 is 0 Å². The highest BCUT2D eigenvalue weighted by Gasteiger charge is 1.98. The summed E-state index contributed by atoms with van der Waals surface area (Å²) < 4.78 is 16.7. The highest BCUT2D eigenvalue weighted by molar-refractivity contribution is 5.56. The van der Waals surface area contributed by atoms with E-state index in [0.29, 0.717) is 5.56 Å². The monoisotopic (exact) mass is 170 g/mol. The van der Waals surface area contributed by atoms with Gasteiger partial charge in [-0.3, -0.25) is 0 Å². The Morgan fingerprint density at radius 2 is 2.33 bits per heavy atom. The summed E-state index contributed by atoms with van der Waals surface area (Å²) in [5.74, 6) is -0.401. The molecular weight excluding hydrogens is 163 g/mol. The number of ether oxygens (including phenoxy) is 1. The molecule has 0 bridgehead atoms. The van der Waals surface area contributed by atoms with E-state index in [0.717, 1.165) is 0 Å². The molecule has 64 valence electrons. The number of hydrogen-bond acceptors (Lipinski definition) is 2. The second-order valence-electron chi connectivity index (χ2n) is 2.18. The van der Waals surface area contributed by atoms with Crippen molar-refractivity contribution in [3.63, 3.8) is 0 Å². The highest BCUT2D eigenvalue weighted by Crippen LogP contribution is 2.04. The summed E-state index contributed by atoms with van der Waals surface area (Å²) in [6.07, 6.45) is -1.36. The Bertz CT molecular complexity index is 285. The van der Waals surface area contributed by atoms with Crippen LogP contribution in [0.1, 0.15) is 5.56 Å². The topological polar surface area (TPSA) is 46.5 Å². The SMILES string of the molecule is O=C(O)OCc1cccc(F)c1. The van der Waals surface area contributed by atoms with E-state index in [4.69, 9.17) is 5.11 Å². The molecule has 0 aliphatic carbocycles. The number of hydrogen-bond donors (Lipinski definition) is 1. The smallest absolute Gasteiger partial charge is 0.450 e. The molecule has 4 heteroatoms. The number of halogens is 1. The third-order valence-corrected chi connectivity index (χ3v) is 1.25. The molecule has 0 fully saturated rings. The maximum atomic E-state index is 12.5. The van der Waals surface area contributed by atoms with Crippen molar-refractivity contribution in [2.45, 2.75) is 6.61 Å². The molecule has 1 aromatic rings. The summed E-state index contributed by atoms with van der Waals surface area (Å²) in [6.45, 7) is -0.118. The van der Waals surface area contributed by atoms with Crippen molar-refractivity contribution in [1.29, 1.82) is 0 Å². The van der Waals surface area contributed by atoms with Crippen LogP contribution in [0.5, 0.6) is 0 Å². The van der Waals surface area contributed by atoms with Crippen LogP contribution in [0.3, 0.4) is 0 Å². The first-order valence-electron chi connectivity index (χ1n) is 3.28. The molecule has 12 heavy (non-hydrogen) atoms. The first-order valence-corrected chi connectivity index (χ1v) is 3.28. The van der Waals surface area contributed by atoms with Crippen LogP contribution in [0.2, 0.25) is 0 Å². The zero-order chi connectivity index (χ0) is 8.97. The molecule has 0 saturated heterocycles. The molecular formula is C8H7FO3. The fourth-order valence-corrected chi connectivity index (χ4v) is 0.772. The summed E-state index contributed by atoms with van der Waals surface area (Å²) in [5, 5.41) is 8.13. The molecule has 0 unspecified atom stereocenters. The first kappa shape index (κ1) is 8.52. The van der Waals surface area contributed by atoms with E-state index in [9.17, 15) is 9.18 Å². The van der Waals surface area contributed by atoms with Gasteiger partial charge < -0.3 is 9.84 Å². The van der Waals surface area contributed by atoms with Gasteiger partial charge >= 0.3 is 6.16 Å². The van der Waals surface area contributed by atoms with Gasteiger partial charge in [0.05, 0.1) is 0 Å². The van der Waals surface area contributed by atoms with Crippen LogP contribution in [0, 0.1) is 5.82 Å². The lowest BCUT2D eigenvalue weighted by molar-refractivity contribution is 0.0853. The van der Waals surface area contributed by atoms with Crippen molar-refractivity contribution in [2.75, 3.05) is 0 Å². The molecule has 1 aromatic carbocycles. The molecule has 0 aromatic heterocycles. The lowest BCUT2D eigenvalue weighted by atomic mass is 10.2. The molecule has 3 nitrogen and oxygen atoms in total. The number of carbonyl (C=O) groups is 1. The molecule has 0 saturated carbocycles. The fourth-order valence-electron chi connectivity index (χ4n) is 0.772. The Kier molecular flexibility index (Phi) is 2.63. The van der Waals surface area contributed by atoms with Gasteiger partial charge in [-0.25, -0.2) is 9.18 Å². The fraction of sp³-hybridized carbons (Fsp3) is 0.125. The van der Waals surface area contributed by atoms with Gasteiger partial charge in [-0.15, -0.1) is 0 Å². The van der Waals surface area contributed by atoms with Crippen molar-refractivity contribution in [3.8, 4) is 0 Å². The summed E-state index contributed by atoms with van der Waals surface area (Å²) in [4.78, 5) is 9.94. The van der Waals surface area contributed by atoms with E-state index in [-0.39, 0.29) is 6.61 Å². The standard InChI is InChI=1S/C8H7FO3/c9-7-3-1-2-6(4-7)5-12-8(10)11/h1-4H,5H2,(H,10,11). The van der Waals surface area contributed by atoms with Gasteiger partial charge in [0.25, 0.3) is 0 Å². The first-order chi connectivity index (χ1) is 5.68. The third-order valence-electron chi connectivity index (χ3n) is 1.25. The van der Waals surface area contributed by atoms with E-state index in [1.807, 2.05) is 0 Å². The van der Waals surface area contributed by atoms with Gasteiger partial charge in [0.15, 0.2) is 0 Å². The van der Waals surface area contributed by atoms with Crippen molar-refractivity contribution in [3.05, 3.63) is 35.6 Å². The van der Waals surface area contributed by atoms with Gasteiger partial charge in [-0.05, 0) is 17.7 Å². The summed E-state index contributed by atoms with van der Waals surface area (Å²) in [5.41, 5.74) is 0.498. The molecule has 0 radical (unpaired) electrons. The van der Waals surface area contributed by atoms with Crippen molar-refractivity contribution in [1.82, 2.24) is 0 Å². The molecule has 0 heterocycles. The Morgan fingerprint density at radius 3 is 2.92 bits per heavy atom. The van der Waals surface area contributed by atoms with Gasteiger partial charge in [-0.1, -0.05) is 12.1 Å². The van der Waals surface area contributed by atoms with Gasteiger partial charge in [0, 0.05) is 0 Å². The normalized spacial score (nSPS) is 9.42.